The fraction of sp³-hybridized carbons (Fsp3) is 0.444. The summed E-state index contributed by atoms with van der Waals surface area (Å²) in [6.07, 6.45) is 6.19. The molecular weight excluding hydrogens is 461 g/mol. The van der Waals surface area contributed by atoms with Crippen molar-refractivity contribution < 1.29 is 14.7 Å². The zero-order valence-electron chi connectivity index (χ0n) is 21.1. The van der Waals surface area contributed by atoms with E-state index in [1.807, 2.05) is 13.1 Å². The average Bonchev–Trinajstić information content (AvgIpc) is 2.84. The number of anilines is 1. The Morgan fingerprint density at radius 1 is 1.06 bits per heavy atom. The molecule has 190 valence electrons. The molecule has 0 radical (unpaired) electrons. The van der Waals surface area contributed by atoms with Crippen LogP contribution >= 0.6 is 0 Å². The Labute approximate surface area is 209 Å². The highest BCUT2D eigenvalue weighted by Gasteiger charge is 2.53. The van der Waals surface area contributed by atoms with E-state index in [0.717, 1.165) is 32.1 Å². The summed E-state index contributed by atoms with van der Waals surface area (Å²) in [4.78, 5) is 14.0. The Bertz CT molecular complexity index is 1340. The molecule has 1 aromatic carbocycles. The summed E-state index contributed by atoms with van der Waals surface area (Å²) in [6, 6.07) is 9.21. The van der Waals surface area contributed by atoms with Crippen LogP contribution < -0.4 is 10.5 Å². The van der Waals surface area contributed by atoms with Gasteiger partial charge >= 0.3 is 0 Å². The molecule has 2 aromatic heterocycles. The van der Waals surface area contributed by atoms with Gasteiger partial charge in [-0.3, -0.25) is 4.79 Å². The minimum atomic E-state index is -0.567. The molecule has 2 aliphatic rings. The third-order valence-electron chi connectivity index (χ3n) is 8.14. The maximum atomic E-state index is 15.0. The van der Waals surface area contributed by atoms with E-state index < -0.39 is 5.82 Å². The lowest BCUT2D eigenvalue weighted by Crippen LogP contribution is -2.67. The lowest BCUT2D eigenvalue weighted by atomic mass is 9.68. The summed E-state index contributed by atoms with van der Waals surface area (Å²) in [5.74, 6) is -0.0357. The van der Waals surface area contributed by atoms with Gasteiger partial charge in [0.15, 0.2) is 5.82 Å². The summed E-state index contributed by atoms with van der Waals surface area (Å²) in [5, 5.41) is 31.7. The van der Waals surface area contributed by atoms with Gasteiger partial charge < -0.3 is 19.8 Å². The number of nitrogens with zero attached hydrogens (tertiary/aromatic N) is 5. The maximum absolute atomic E-state index is 15.0. The molecule has 2 aliphatic heterocycles. The molecule has 5 rings (SSSR count). The second-order valence-corrected chi connectivity index (χ2v) is 10.8. The van der Waals surface area contributed by atoms with Gasteiger partial charge in [0.2, 0.25) is 0 Å². The van der Waals surface area contributed by atoms with Gasteiger partial charge in [-0.15, -0.1) is 10.2 Å². The van der Waals surface area contributed by atoms with Gasteiger partial charge in [-0.05, 0) is 81.8 Å². The van der Waals surface area contributed by atoms with E-state index in [-0.39, 0.29) is 39.6 Å². The molecule has 0 amide bonds. The Kier molecular flexibility index (Phi) is 5.88. The third kappa shape index (κ3) is 4.06. The molecule has 0 aliphatic carbocycles. The van der Waals surface area contributed by atoms with E-state index in [2.05, 4.69) is 28.9 Å². The fourth-order valence-corrected chi connectivity index (χ4v) is 6.00. The van der Waals surface area contributed by atoms with Crippen LogP contribution in [0.25, 0.3) is 22.4 Å². The van der Waals surface area contributed by atoms with E-state index >= 15 is 0 Å². The van der Waals surface area contributed by atoms with Crippen LogP contribution in [-0.4, -0.2) is 54.3 Å². The molecule has 0 spiro atoms. The van der Waals surface area contributed by atoms with E-state index in [1.165, 1.54) is 22.8 Å². The largest absolute Gasteiger partial charge is 0.507 e. The van der Waals surface area contributed by atoms with E-state index in [1.54, 1.807) is 30.4 Å². The van der Waals surface area contributed by atoms with Gasteiger partial charge in [-0.25, -0.2) is 4.39 Å². The van der Waals surface area contributed by atoms with E-state index in [4.69, 9.17) is 0 Å². The van der Waals surface area contributed by atoms with Crippen LogP contribution in [0, 0.1) is 5.82 Å². The van der Waals surface area contributed by atoms with Gasteiger partial charge in [0.05, 0.1) is 5.69 Å². The summed E-state index contributed by atoms with van der Waals surface area (Å²) >= 11 is 0. The molecule has 0 unspecified atom stereocenters. The molecule has 2 bridgehead atoms. The lowest BCUT2D eigenvalue weighted by molar-refractivity contribution is -0.273. The zero-order valence-corrected chi connectivity index (χ0v) is 21.1. The zero-order chi connectivity index (χ0) is 25.8. The smallest absolute Gasteiger partial charge is 0.250 e. The average molecular weight is 494 g/mol. The molecule has 2 fully saturated rings. The van der Waals surface area contributed by atoms with Crippen LogP contribution in [-0.2, 0) is 7.05 Å². The summed E-state index contributed by atoms with van der Waals surface area (Å²) < 4.78 is 16.4. The van der Waals surface area contributed by atoms with Crippen LogP contribution in [0.1, 0.15) is 46.0 Å². The van der Waals surface area contributed by atoms with Crippen LogP contribution in [0.5, 0.6) is 5.75 Å². The van der Waals surface area contributed by atoms with Crippen molar-refractivity contribution >= 4 is 5.82 Å². The standard InChI is InChI=1S/C27H32FN5O3/c1-26-9-5-10-27(2,33(26)36)16-18(15-26)32(4)24-7-6-22(29-30-24)20-13-21(28)19(14-23(20)34)17-8-11-31(3)25(35)12-17/h6-8,11-14,18,34,36H,5,9-10,15-16H2,1-4H3/t18-,26-,27+. The first-order valence-electron chi connectivity index (χ1n) is 12.3. The van der Waals surface area contributed by atoms with Crippen LogP contribution in [0.2, 0.25) is 0 Å². The molecule has 2 N–H and O–H groups in total. The Morgan fingerprint density at radius 3 is 2.36 bits per heavy atom. The van der Waals surface area contributed by atoms with E-state index in [0.29, 0.717) is 17.1 Å². The van der Waals surface area contributed by atoms with Gasteiger partial charge in [0.1, 0.15) is 11.6 Å². The first-order chi connectivity index (χ1) is 17.0. The maximum Gasteiger partial charge on any atom is 0.250 e. The molecule has 8 nitrogen and oxygen atoms in total. The van der Waals surface area contributed by atoms with Crippen molar-refractivity contribution in [2.45, 2.75) is 63.1 Å². The molecule has 3 atom stereocenters. The topological polar surface area (TPSA) is 94.7 Å². The third-order valence-corrected chi connectivity index (χ3v) is 8.14. The van der Waals surface area contributed by atoms with E-state index in [9.17, 15) is 19.5 Å². The number of hydrogen-bond acceptors (Lipinski definition) is 7. The number of pyridine rings is 1. The molecule has 0 saturated carbocycles. The molecule has 4 heterocycles. The molecule has 3 aromatic rings. The predicted octanol–water partition coefficient (Wildman–Crippen LogP) is 4.35. The number of fused-ring (bicyclic) bond motifs is 2. The number of hydroxylamine groups is 2. The number of phenolic OH excluding ortho intramolecular Hbond substituents is 1. The summed E-state index contributed by atoms with van der Waals surface area (Å²) in [5.41, 5.74) is 0.293. The number of halogens is 1. The number of phenols is 1. The van der Waals surface area contributed by atoms with Gasteiger partial charge in [-0.1, -0.05) is 0 Å². The SMILES string of the molecule is CN(c1ccc(-c2cc(F)c(-c3ccn(C)c(=O)c3)cc2O)nn1)[C@H]1C[C@]2(C)CCC[C@](C)(C1)N2O. The normalized spacial score (nSPS) is 26.1. The number of rotatable bonds is 4. The summed E-state index contributed by atoms with van der Waals surface area (Å²) in [7, 11) is 3.60. The van der Waals surface area contributed by atoms with Crippen molar-refractivity contribution in [2.75, 3.05) is 11.9 Å². The summed E-state index contributed by atoms with van der Waals surface area (Å²) in [6.45, 7) is 4.24. The number of piperidine rings is 2. The molecule has 9 heteroatoms. The second-order valence-electron chi connectivity index (χ2n) is 10.8. The van der Waals surface area contributed by atoms with Crippen molar-refractivity contribution in [3.63, 3.8) is 0 Å². The first kappa shape index (κ1) is 24.4. The first-order valence-corrected chi connectivity index (χ1v) is 12.3. The highest BCUT2D eigenvalue weighted by Crippen LogP contribution is 2.48. The van der Waals surface area contributed by atoms with Gasteiger partial charge in [-0.2, -0.15) is 5.06 Å². The van der Waals surface area contributed by atoms with Crippen molar-refractivity contribution in [1.29, 1.82) is 0 Å². The monoisotopic (exact) mass is 493 g/mol. The fourth-order valence-electron chi connectivity index (χ4n) is 6.00. The van der Waals surface area contributed by atoms with Crippen LogP contribution in [0.4, 0.5) is 10.2 Å². The second kappa shape index (κ2) is 8.67. The predicted molar refractivity (Wildman–Crippen MR) is 135 cm³/mol. The lowest BCUT2D eigenvalue weighted by Gasteiger charge is -2.59. The Morgan fingerprint density at radius 2 is 1.75 bits per heavy atom. The van der Waals surface area contributed by atoms with Gasteiger partial charge in [0.25, 0.3) is 5.56 Å². The van der Waals surface area contributed by atoms with Crippen molar-refractivity contribution in [2.24, 2.45) is 7.05 Å². The molecule has 2 saturated heterocycles. The molecular formula is C27H32FN5O3. The van der Waals surface area contributed by atoms with Gasteiger partial charge in [0, 0.05) is 54.6 Å². The van der Waals surface area contributed by atoms with Crippen molar-refractivity contribution in [1.82, 2.24) is 19.8 Å². The Hall–Kier alpha value is -3.30. The molecule has 36 heavy (non-hydrogen) atoms. The number of benzene rings is 1. The minimum absolute atomic E-state index is 0.140. The Balaban J connectivity index is 1.39. The van der Waals surface area contributed by atoms with Crippen LogP contribution in [0.3, 0.4) is 0 Å². The number of hydrogen-bond donors (Lipinski definition) is 2. The van der Waals surface area contributed by atoms with Crippen molar-refractivity contribution in [3.8, 4) is 28.1 Å². The highest BCUT2D eigenvalue weighted by molar-refractivity contribution is 5.74. The number of aromatic hydroxyl groups is 1. The quantitative estimate of drug-likeness (QED) is 0.558. The van der Waals surface area contributed by atoms with Crippen LogP contribution in [0.15, 0.2) is 47.4 Å². The number of aromatic nitrogens is 3. The number of aryl methyl sites for hydroxylation is 1. The highest BCUT2D eigenvalue weighted by atomic mass is 19.1. The van der Waals surface area contributed by atoms with Crippen molar-refractivity contribution in [3.05, 3.63) is 58.8 Å². The minimum Gasteiger partial charge on any atom is -0.507 e.